The fourth-order valence-corrected chi connectivity index (χ4v) is 5.18. The lowest BCUT2D eigenvalue weighted by molar-refractivity contribution is 0.267. The predicted octanol–water partition coefficient (Wildman–Crippen LogP) is 1.97. The summed E-state index contributed by atoms with van der Waals surface area (Å²) in [5, 5.41) is 9.16. The first-order chi connectivity index (χ1) is 9.91. The van der Waals surface area contributed by atoms with Gasteiger partial charge < -0.3 is 5.11 Å². The van der Waals surface area contributed by atoms with Crippen LogP contribution in [0.15, 0.2) is 17.0 Å². The maximum atomic E-state index is 14.2. The molecule has 0 aromatic heterocycles. The topological polar surface area (TPSA) is 57.6 Å². The summed E-state index contributed by atoms with van der Waals surface area (Å²) in [6, 6.07) is 1.79. The maximum Gasteiger partial charge on any atom is 0.246 e. The van der Waals surface area contributed by atoms with Crippen molar-refractivity contribution in [3.8, 4) is 0 Å². The van der Waals surface area contributed by atoms with Crippen molar-refractivity contribution in [2.45, 2.75) is 30.1 Å². The van der Waals surface area contributed by atoms with Crippen LogP contribution in [0.5, 0.6) is 0 Å². The lowest BCUT2D eigenvalue weighted by Gasteiger charge is -2.31. The van der Waals surface area contributed by atoms with E-state index in [9.17, 15) is 17.2 Å². The molecule has 1 heterocycles. The zero-order valence-corrected chi connectivity index (χ0v) is 13.2. The molecule has 0 amide bonds. The largest absolute Gasteiger partial charge is 0.391 e. The first kappa shape index (κ1) is 16.7. The van der Waals surface area contributed by atoms with Crippen molar-refractivity contribution in [3.63, 3.8) is 0 Å². The number of rotatable bonds is 4. The smallest absolute Gasteiger partial charge is 0.246 e. The highest BCUT2D eigenvalue weighted by atomic mass is 32.2. The van der Waals surface area contributed by atoms with E-state index in [1.54, 1.807) is 11.8 Å². The second-order valence-corrected chi connectivity index (χ2v) is 8.07. The van der Waals surface area contributed by atoms with E-state index in [2.05, 4.69) is 0 Å². The van der Waals surface area contributed by atoms with E-state index >= 15 is 0 Å². The van der Waals surface area contributed by atoms with Gasteiger partial charge in [0.25, 0.3) is 0 Å². The normalized spacial score (nSPS) is 20.7. The minimum Gasteiger partial charge on any atom is -0.391 e. The van der Waals surface area contributed by atoms with Gasteiger partial charge in [-0.1, -0.05) is 6.92 Å². The van der Waals surface area contributed by atoms with Gasteiger partial charge in [0.05, 0.1) is 12.2 Å². The molecule has 1 aromatic carbocycles. The highest BCUT2D eigenvalue weighted by molar-refractivity contribution is 8.00. The third-order valence-corrected chi connectivity index (χ3v) is 6.74. The van der Waals surface area contributed by atoms with Crippen molar-refractivity contribution in [1.29, 1.82) is 0 Å². The van der Waals surface area contributed by atoms with E-state index in [1.165, 1.54) is 4.31 Å². The number of sulfonamides is 1. The number of nitrogens with zero attached hydrogens (tertiary/aromatic N) is 1. The molecular weight excluding hydrogens is 320 g/mol. The number of thioether (sulfide) groups is 1. The van der Waals surface area contributed by atoms with Crippen LogP contribution in [0.2, 0.25) is 0 Å². The molecule has 1 aliphatic heterocycles. The van der Waals surface area contributed by atoms with Crippen LogP contribution in [0.4, 0.5) is 8.78 Å². The minimum absolute atomic E-state index is 0.175. The summed E-state index contributed by atoms with van der Waals surface area (Å²) >= 11 is 1.69. The van der Waals surface area contributed by atoms with Crippen LogP contribution in [0.1, 0.15) is 18.9 Å². The Hall–Kier alpha value is -0.700. The molecule has 0 bridgehead atoms. The molecular formula is C13H17F2NO3S2. The van der Waals surface area contributed by atoms with E-state index < -0.39 is 38.7 Å². The van der Waals surface area contributed by atoms with Gasteiger partial charge in [-0.2, -0.15) is 16.1 Å². The van der Waals surface area contributed by atoms with Gasteiger partial charge in [-0.3, -0.25) is 0 Å². The van der Waals surface area contributed by atoms with Crippen molar-refractivity contribution in [2.24, 2.45) is 0 Å². The summed E-state index contributed by atoms with van der Waals surface area (Å²) in [5.41, 5.74) is -0.616. The summed E-state index contributed by atoms with van der Waals surface area (Å²) in [6.45, 7) is 1.70. The summed E-state index contributed by atoms with van der Waals surface area (Å²) in [4.78, 5) is -0.574. The molecule has 21 heavy (non-hydrogen) atoms. The third-order valence-electron chi connectivity index (χ3n) is 3.48. The Morgan fingerprint density at radius 1 is 1.43 bits per heavy atom. The zero-order chi connectivity index (χ0) is 15.6. The summed E-state index contributed by atoms with van der Waals surface area (Å²) in [6.07, 6.45) is 0.824. The number of halogens is 2. The maximum absolute atomic E-state index is 14.2. The summed E-state index contributed by atoms with van der Waals surface area (Å²) in [5.74, 6) is -1.51. The van der Waals surface area contributed by atoms with E-state index in [0.29, 0.717) is 18.8 Å². The molecule has 0 spiro atoms. The summed E-state index contributed by atoms with van der Waals surface area (Å²) < 4.78 is 53.8. The molecule has 1 N–H and O–H groups in total. The van der Waals surface area contributed by atoms with Gasteiger partial charge in [-0.05, 0) is 18.6 Å². The molecule has 0 saturated carbocycles. The fraction of sp³-hybridized carbons (Fsp3) is 0.538. The van der Waals surface area contributed by atoms with Crippen LogP contribution in [0.3, 0.4) is 0 Å². The van der Waals surface area contributed by atoms with Crippen LogP contribution < -0.4 is 0 Å². The fourth-order valence-electron chi connectivity index (χ4n) is 2.22. The van der Waals surface area contributed by atoms with Crippen molar-refractivity contribution >= 4 is 21.8 Å². The molecule has 0 aliphatic carbocycles. The lowest BCUT2D eigenvalue weighted by atomic mass is 10.2. The minimum atomic E-state index is -4.02. The number of benzene rings is 1. The van der Waals surface area contributed by atoms with Gasteiger partial charge in [-0.25, -0.2) is 17.2 Å². The Morgan fingerprint density at radius 2 is 2.14 bits per heavy atom. The molecule has 1 fully saturated rings. The second kappa shape index (κ2) is 6.60. The van der Waals surface area contributed by atoms with Gasteiger partial charge in [-0.15, -0.1) is 0 Å². The Labute approximate surface area is 127 Å². The van der Waals surface area contributed by atoms with Gasteiger partial charge >= 0.3 is 0 Å². The second-order valence-electron chi connectivity index (χ2n) is 4.76. The van der Waals surface area contributed by atoms with Gasteiger partial charge in [0.1, 0.15) is 10.7 Å². The van der Waals surface area contributed by atoms with Gasteiger partial charge in [0, 0.05) is 24.1 Å². The molecule has 2 rings (SSSR count). The average molecular weight is 337 g/mol. The Kier molecular flexibility index (Phi) is 5.24. The van der Waals surface area contributed by atoms with Crippen LogP contribution in [0.25, 0.3) is 0 Å². The van der Waals surface area contributed by atoms with Crippen LogP contribution in [-0.4, -0.2) is 41.9 Å². The molecule has 118 valence electrons. The quantitative estimate of drug-likeness (QED) is 0.913. The SMILES string of the molecule is CCC1CN(S(=O)(=O)c2ccc(F)c(CO)c2F)CCS1. The van der Waals surface area contributed by atoms with Crippen LogP contribution >= 0.6 is 11.8 Å². The van der Waals surface area contributed by atoms with Crippen LogP contribution in [-0.2, 0) is 16.6 Å². The molecule has 1 atom stereocenters. The van der Waals surface area contributed by atoms with Crippen LogP contribution in [0, 0.1) is 11.6 Å². The molecule has 0 radical (unpaired) electrons. The van der Waals surface area contributed by atoms with E-state index in [0.717, 1.165) is 18.6 Å². The lowest BCUT2D eigenvalue weighted by Crippen LogP contribution is -2.42. The Bertz CT molecular complexity index is 622. The monoisotopic (exact) mass is 337 g/mol. The van der Waals surface area contributed by atoms with Crippen molar-refractivity contribution in [3.05, 3.63) is 29.3 Å². The first-order valence-electron chi connectivity index (χ1n) is 6.61. The predicted molar refractivity (Wildman–Crippen MR) is 77.6 cm³/mol. The number of hydrogen-bond acceptors (Lipinski definition) is 4. The Balaban J connectivity index is 2.40. The van der Waals surface area contributed by atoms with E-state index in [4.69, 9.17) is 5.11 Å². The number of aliphatic hydroxyl groups is 1. The van der Waals surface area contributed by atoms with Crippen molar-refractivity contribution in [2.75, 3.05) is 18.8 Å². The average Bonchev–Trinajstić information content (AvgIpc) is 2.47. The number of aliphatic hydroxyl groups excluding tert-OH is 1. The van der Waals surface area contributed by atoms with Crippen molar-refractivity contribution < 1.29 is 22.3 Å². The third kappa shape index (κ3) is 3.23. The highest BCUT2D eigenvalue weighted by Gasteiger charge is 2.33. The number of hydrogen-bond donors (Lipinski definition) is 1. The molecule has 1 saturated heterocycles. The standard InChI is InChI=1S/C13H17F2NO3S2/c1-2-9-7-16(5-6-20-9)21(18,19)12-4-3-11(14)10(8-17)13(12)15/h3-4,9,17H,2,5-8H2,1H3. The Morgan fingerprint density at radius 3 is 2.76 bits per heavy atom. The molecule has 1 aromatic rings. The van der Waals surface area contributed by atoms with E-state index in [-0.39, 0.29) is 5.25 Å². The molecule has 4 nitrogen and oxygen atoms in total. The zero-order valence-electron chi connectivity index (χ0n) is 11.6. The first-order valence-corrected chi connectivity index (χ1v) is 9.10. The van der Waals surface area contributed by atoms with Crippen molar-refractivity contribution in [1.82, 2.24) is 4.31 Å². The highest BCUT2D eigenvalue weighted by Crippen LogP contribution is 2.29. The van der Waals surface area contributed by atoms with Gasteiger partial charge in [0.15, 0.2) is 5.82 Å². The molecule has 8 heteroatoms. The summed E-state index contributed by atoms with van der Waals surface area (Å²) in [7, 11) is -4.02. The van der Waals surface area contributed by atoms with Gasteiger partial charge in [0.2, 0.25) is 10.0 Å². The molecule has 1 aliphatic rings. The molecule has 1 unspecified atom stereocenters. The van der Waals surface area contributed by atoms with E-state index in [1.807, 2.05) is 6.92 Å².